The highest BCUT2D eigenvalue weighted by Gasteiger charge is 2.16. The number of halogens is 1. The molecule has 23 heavy (non-hydrogen) atoms. The number of fused-ring (bicyclic) bond motifs is 1. The Labute approximate surface area is 146 Å². The van der Waals surface area contributed by atoms with E-state index in [1.165, 1.54) is 5.56 Å². The highest BCUT2D eigenvalue weighted by atomic mass is 79.9. The van der Waals surface area contributed by atoms with Crippen molar-refractivity contribution in [1.82, 2.24) is 10.2 Å². The number of hydrogen-bond acceptors (Lipinski definition) is 5. The van der Waals surface area contributed by atoms with E-state index in [4.69, 9.17) is 14.2 Å². The van der Waals surface area contributed by atoms with E-state index in [9.17, 15) is 0 Å². The minimum Gasteiger partial charge on any atom is -0.490 e. The van der Waals surface area contributed by atoms with Crippen LogP contribution in [-0.4, -0.2) is 57.0 Å². The Kier molecular flexibility index (Phi) is 6.16. The summed E-state index contributed by atoms with van der Waals surface area (Å²) in [5.41, 5.74) is 1.20. The zero-order valence-electron chi connectivity index (χ0n) is 13.6. The second kappa shape index (κ2) is 8.33. The summed E-state index contributed by atoms with van der Waals surface area (Å²) in [4.78, 5) is 2.45. The van der Waals surface area contributed by atoms with Crippen molar-refractivity contribution < 1.29 is 14.2 Å². The third kappa shape index (κ3) is 4.83. The Morgan fingerprint density at radius 2 is 1.96 bits per heavy atom. The van der Waals surface area contributed by atoms with Crippen molar-refractivity contribution in [3.63, 3.8) is 0 Å². The van der Waals surface area contributed by atoms with E-state index in [1.54, 1.807) is 0 Å². The van der Waals surface area contributed by atoms with E-state index in [0.29, 0.717) is 19.3 Å². The van der Waals surface area contributed by atoms with Crippen LogP contribution in [0.25, 0.3) is 0 Å². The maximum atomic E-state index is 5.79. The Morgan fingerprint density at radius 1 is 1.17 bits per heavy atom. The van der Waals surface area contributed by atoms with Crippen molar-refractivity contribution in [3.05, 3.63) is 22.2 Å². The molecule has 1 N–H and O–H groups in total. The van der Waals surface area contributed by atoms with Gasteiger partial charge in [0.2, 0.25) is 0 Å². The van der Waals surface area contributed by atoms with Crippen LogP contribution in [0, 0.1) is 0 Å². The maximum Gasteiger partial charge on any atom is 0.175 e. The molecule has 0 aromatic heterocycles. The van der Waals surface area contributed by atoms with Crippen LogP contribution in [0.2, 0.25) is 0 Å². The summed E-state index contributed by atoms with van der Waals surface area (Å²) in [6.45, 7) is 9.28. The molecule has 1 aromatic carbocycles. The van der Waals surface area contributed by atoms with Gasteiger partial charge in [0.25, 0.3) is 0 Å². The molecule has 1 aromatic rings. The van der Waals surface area contributed by atoms with Crippen LogP contribution < -0.4 is 14.8 Å². The monoisotopic (exact) mass is 384 g/mol. The third-order valence-corrected chi connectivity index (χ3v) is 4.74. The first-order chi connectivity index (χ1) is 11.2. The summed E-state index contributed by atoms with van der Waals surface area (Å²) in [6, 6.07) is 4.63. The van der Waals surface area contributed by atoms with Crippen LogP contribution in [0.4, 0.5) is 0 Å². The van der Waals surface area contributed by atoms with Crippen molar-refractivity contribution >= 4 is 15.9 Å². The van der Waals surface area contributed by atoms with Gasteiger partial charge in [-0.1, -0.05) is 0 Å². The third-order valence-electron chi connectivity index (χ3n) is 4.15. The molecule has 5 nitrogen and oxygen atoms in total. The van der Waals surface area contributed by atoms with Gasteiger partial charge in [0.05, 0.1) is 30.9 Å². The molecule has 0 aliphatic carbocycles. The number of nitrogens with zero attached hydrogens (tertiary/aromatic N) is 1. The van der Waals surface area contributed by atoms with Crippen LogP contribution in [0.15, 0.2) is 16.6 Å². The van der Waals surface area contributed by atoms with Crippen molar-refractivity contribution in [2.45, 2.75) is 25.9 Å². The van der Waals surface area contributed by atoms with Gasteiger partial charge in [-0.2, -0.15) is 0 Å². The van der Waals surface area contributed by atoms with Crippen LogP contribution >= 0.6 is 15.9 Å². The topological polar surface area (TPSA) is 43.0 Å². The van der Waals surface area contributed by atoms with Gasteiger partial charge in [-0.05, 0) is 40.5 Å². The molecule has 0 spiro atoms. The lowest BCUT2D eigenvalue weighted by Crippen LogP contribution is -2.44. The van der Waals surface area contributed by atoms with Gasteiger partial charge < -0.3 is 19.5 Å². The summed E-state index contributed by atoms with van der Waals surface area (Å²) in [5, 5.41) is 3.60. The lowest BCUT2D eigenvalue weighted by Gasteiger charge is -2.29. The first-order valence-corrected chi connectivity index (χ1v) is 9.13. The van der Waals surface area contributed by atoms with E-state index < -0.39 is 0 Å². The fraction of sp³-hybridized carbons (Fsp3) is 0.647. The fourth-order valence-electron chi connectivity index (χ4n) is 2.91. The van der Waals surface area contributed by atoms with Gasteiger partial charge in [0.1, 0.15) is 0 Å². The van der Waals surface area contributed by atoms with Crippen molar-refractivity contribution in [2.75, 3.05) is 46.1 Å². The van der Waals surface area contributed by atoms with E-state index in [1.807, 2.05) is 0 Å². The normalized spacial score (nSPS) is 20.1. The van der Waals surface area contributed by atoms with Crippen molar-refractivity contribution in [3.8, 4) is 11.5 Å². The summed E-state index contributed by atoms with van der Waals surface area (Å²) >= 11 is 3.60. The lowest BCUT2D eigenvalue weighted by atomic mass is 10.2. The molecule has 2 aliphatic rings. The molecule has 3 rings (SSSR count). The fourth-order valence-corrected chi connectivity index (χ4v) is 3.52. The largest absolute Gasteiger partial charge is 0.490 e. The molecule has 6 heteroatoms. The zero-order chi connectivity index (χ0) is 16.1. The second-order valence-electron chi connectivity index (χ2n) is 6.15. The quantitative estimate of drug-likeness (QED) is 0.844. The van der Waals surface area contributed by atoms with E-state index >= 15 is 0 Å². The van der Waals surface area contributed by atoms with Gasteiger partial charge in [-0.25, -0.2) is 0 Å². The van der Waals surface area contributed by atoms with Crippen LogP contribution in [0.3, 0.4) is 0 Å². The molecule has 1 fully saturated rings. The SMILES string of the molecule is CC(CN1CCOCC1)NCc1cc(Br)c2c(c1)OCCCO2. The van der Waals surface area contributed by atoms with E-state index in [0.717, 1.165) is 61.8 Å². The second-order valence-corrected chi connectivity index (χ2v) is 7.00. The van der Waals surface area contributed by atoms with Crippen molar-refractivity contribution in [1.29, 1.82) is 0 Å². The standard InChI is InChI=1S/C17H25BrN2O3/c1-13(12-20-3-7-21-8-4-20)19-11-14-9-15(18)17-16(10-14)22-5-2-6-23-17/h9-10,13,19H,2-8,11-12H2,1H3. The predicted octanol–water partition coefficient (Wildman–Crippen LogP) is 2.42. The minimum absolute atomic E-state index is 0.433. The number of rotatable bonds is 5. The van der Waals surface area contributed by atoms with Gasteiger partial charge in [-0.3, -0.25) is 4.90 Å². The molecule has 0 amide bonds. The van der Waals surface area contributed by atoms with Gasteiger partial charge in [-0.15, -0.1) is 0 Å². The van der Waals surface area contributed by atoms with Gasteiger partial charge in [0.15, 0.2) is 11.5 Å². The molecule has 0 bridgehead atoms. The average Bonchev–Trinajstić information content (AvgIpc) is 2.80. The molecule has 1 saturated heterocycles. The summed E-state index contributed by atoms with van der Waals surface area (Å²) in [6.07, 6.45) is 0.922. The molecule has 2 aliphatic heterocycles. The minimum atomic E-state index is 0.433. The molecule has 128 valence electrons. The summed E-state index contributed by atoms with van der Waals surface area (Å²) in [5.74, 6) is 1.67. The van der Waals surface area contributed by atoms with Crippen LogP contribution in [0.5, 0.6) is 11.5 Å². The highest BCUT2D eigenvalue weighted by molar-refractivity contribution is 9.10. The number of morpholine rings is 1. The molecule has 1 unspecified atom stereocenters. The first kappa shape index (κ1) is 17.0. The lowest BCUT2D eigenvalue weighted by molar-refractivity contribution is 0.0343. The van der Waals surface area contributed by atoms with Gasteiger partial charge >= 0.3 is 0 Å². The predicted molar refractivity (Wildman–Crippen MR) is 93.3 cm³/mol. The van der Waals surface area contributed by atoms with E-state index in [2.05, 4.69) is 45.2 Å². The number of hydrogen-bond donors (Lipinski definition) is 1. The summed E-state index contributed by atoms with van der Waals surface area (Å²) in [7, 11) is 0. The van der Waals surface area contributed by atoms with E-state index in [-0.39, 0.29) is 0 Å². The van der Waals surface area contributed by atoms with Crippen molar-refractivity contribution in [2.24, 2.45) is 0 Å². The molecule has 0 radical (unpaired) electrons. The first-order valence-electron chi connectivity index (χ1n) is 8.34. The highest BCUT2D eigenvalue weighted by Crippen LogP contribution is 2.38. The molecular weight excluding hydrogens is 360 g/mol. The molecule has 2 heterocycles. The number of nitrogens with one attached hydrogen (secondary N) is 1. The van der Waals surface area contributed by atoms with Gasteiger partial charge in [0, 0.05) is 38.6 Å². The smallest absolute Gasteiger partial charge is 0.175 e. The molecule has 0 saturated carbocycles. The summed E-state index contributed by atoms with van der Waals surface area (Å²) < 4.78 is 17.9. The Hall–Kier alpha value is -0.820. The Bertz CT molecular complexity index is 521. The van der Waals surface area contributed by atoms with Crippen LogP contribution in [-0.2, 0) is 11.3 Å². The number of ether oxygens (including phenoxy) is 3. The molecule has 1 atom stereocenters. The van der Waals surface area contributed by atoms with Crippen LogP contribution in [0.1, 0.15) is 18.9 Å². The molecular formula is C17H25BrN2O3. The number of benzene rings is 1. The Balaban J connectivity index is 1.55. The average molecular weight is 385 g/mol. The maximum absolute atomic E-state index is 5.79. The Morgan fingerprint density at radius 3 is 2.78 bits per heavy atom. The zero-order valence-corrected chi connectivity index (χ0v) is 15.2.